The molecule has 0 unspecified atom stereocenters. The van der Waals surface area contributed by atoms with Crippen LogP contribution < -0.4 is 15.0 Å². The first-order valence-corrected chi connectivity index (χ1v) is 12.4. The number of fused-ring (bicyclic) bond motifs is 1. The summed E-state index contributed by atoms with van der Waals surface area (Å²) in [5.74, 6) is 1.67. The number of hydrogen-bond acceptors (Lipinski definition) is 8. The van der Waals surface area contributed by atoms with Crippen LogP contribution in [0.15, 0.2) is 59.2 Å². The Kier molecular flexibility index (Phi) is 6.13. The zero-order valence-electron chi connectivity index (χ0n) is 20.9. The van der Waals surface area contributed by atoms with Crippen LogP contribution in [0.4, 0.5) is 16.0 Å². The Hall–Kier alpha value is -4.11. The third-order valence-corrected chi connectivity index (χ3v) is 6.80. The second-order valence-corrected chi connectivity index (χ2v) is 9.62. The molecule has 0 amide bonds. The van der Waals surface area contributed by atoms with Crippen molar-refractivity contribution in [3.05, 3.63) is 76.9 Å². The van der Waals surface area contributed by atoms with Gasteiger partial charge in [-0.3, -0.25) is 9.98 Å². The molecule has 2 aliphatic heterocycles. The van der Waals surface area contributed by atoms with Crippen molar-refractivity contribution in [1.82, 2.24) is 19.9 Å². The number of aliphatic imine (C=N–C) groups is 1. The van der Waals surface area contributed by atoms with Crippen molar-refractivity contribution >= 4 is 29.1 Å². The number of piperazine rings is 1. The van der Waals surface area contributed by atoms with Gasteiger partial charge in [0.2, 0.25) is 0 Å². The molecule has 1 N–H and O–H groups in total. The molecule has 1 aromatic carbocycles. The first-order chi connectivity index (χ1) is 18.0. The molecule has 6 rings (SSSR count). The SMILES string of the molecule is CC1=Cc2c(ccc(Oc3nc(NC4=NCC(c5ccccn5)=C4)cc(N4CCN(C)CC4)n3)c2F)C1. The van der Waals surface area contributed by atoms with Crippen molar-refractivity contribution in [2.24, 2.45) is 4.99 Å². The van der Waals surface area contributed by atoms with Crippen LogP contribution in [0.5, 0.6) is 11.8 Å². The van der Waals surface area contributed by atoms with Gasteiger partial charge in [0.15, 0.2) is 11.6 Å². The molecule has 1 fully saturated rings. The number of rotatable bonds is 5. The number of anilines is 2. The molecule has 0 radical (unpaired) electrons. The minimum absolute atomic E-state index is 0.0870. The highest BCUT2D eigenvalue weighted by Crippen LogP contribution is 2.34. The topological polar surface area (TPSA) is 78.8 Å². The first-order valence-electron chi connectivity index (χ1n) is 12.4. The lowest BCUT2D eigenvalue weighted by atomic mass is 10.1. The van der Waals surface area contributed by atoms with E-state index in [-0.39, 0.29) is 17.6 Å². The van der Waals surface area contributed by atoms with E-state index in [0.29, 0.717) is 23.8 Å². The highest BCUT2D eigenvalue weighted by molar-refractivity contribution is 6.10. The van der Waals surface area contributed by atoms with Gasteiger partial charge >= 0.3 is 6.01 Å². The molecule has 1 saturated heterocycles. The molecule has 0 spiro atoms. The van der Waals surface area contributed by atoms with Crippen molar-refractivity contribution in [2.45, 2.75) is 13.3 Å². The molecule has 0 saturated carbocycles. The molecule has 37 heavy (non-hydrogen) atoms. The van der Waals surface area contributed by atoms with Crippen molar-refractivity contribution in [3.8, 4) is 11.8 Å². The molecule has 2 aromatic heterocycles. The summed E-state index contributed by atoms with van der Waals surface area (Å²) in [6, 6.07) is 11.4. The van der Waals surface area contributed by atoms with Gasteiger partial charge in [0.1, 0.15) is 17.5 Å². The molecular weight excluding hydrogens is 469 g/mol. The van der Waals surface area contributed by atoms with Gasteiger partial charge in [-0.15, -0.1) is 0 Å². The standard InChI is InChI=1S/C28H28FN7O/c1-18-13-19-6-7-23(27(29)21(19)14-18)37-28-33-25(16-26(34-28)36-11-9-35(2)10-12-36)32-24-15-20(17-31-24)22-5-3-4-8-30-22/h3-8,14-16H,9-13,17H2,1-2H3,(H,31,32,33,34). The minimum Gasteiger partial charge on any atom is -0.421 e. The van der Waals surface area contributed by atoms with Gasteiger partial charge in [-0.25, -0.2) is 4.39 Å². The van der Waals surface area contributed by atoms with Gasteiger partial charge in [0, 0.05) is 49.6 Å². The van der Waals surface area contributed by atoms with Crippen molar-refractivity contribution in [1.29, 1.82) is 0 Å². The van der Waals surface area contributed by atoms with Crippen LogP contribution in [0.3, 0.4) is 0 Å². The molecule has 8 nitrogen and oxygen atoms in total. The largest absolute Gasteiger partial charge is 0.421 e. The molecule has 0 bridgehead atoms. The monoisotopic (exact) mass is 497 g/mol. The number of allylic oxidation sites excluding steroid dienone is 1. The molecule has 0 atom stereocenters. The molecule has 188 valence electrons. The van der Waals surface area contributed by atoms with E-state index in [1.165, 1.54) is 0 Å². The number of likely N-dealkylation sites (N-methyl/N-ethyl adjacent to an activating group) is 1. The molecule has 4 heterocycles. The summed E-state index contributed by atoms with van der Waals surface area (Å²) in [7, 11) is 2.11. The summed E-state index contributed by atoms with van der Waals surface area (Å²) in [6.07, 6.45) is 6.37. The summed E-state index contributed by atoms with van der Waals surface area (Å²) in [5.41, 5.74) is 4.59. The van der Waals surface area contributed by atoms with E-state index in [4.69, 9.17) is 4.74 Å². The highest BCUT2D eigenvalue weighted by atomic mass is 19.1. The maximum absolute atomic E-state index is 15.3. The summed E-state index contributed by atoms with van der Waals surface area (Å²) in [5, 5.41) is 3.29. The number of ether oxygens (including phenoxy) is 1. The van der Waals surface area contributed by atoms with Crippen LogP contribution in [-0.4, -0.2) is 65.5 Å². The van der Waals surface area contributed by atoms with Crippen molar-refractivity contribution in [3.63, 3.8) is 0 Å². The number of amidine groups is 1. The van der Waals surface area contributed by atoms with E-state index in [2.05, 4.69) is 42.1 Å². The summed E-state index contributed by atoms with van der Waals surface area (Å²) < 4.78 is 21.2. The highest BCUT2D eigenvalue weighted by Gasteiger charge is 2.22. The van der Waals surface area contributed by atoms with Gasteiger partial charge in [-0.2, -0.15) is 9.97 Å². The Labute approximate surface area is 215 Å². The van der Waals surface area contributed by atoms with Gasteiger partial charge < -0.3 is 19.9 Å². The maximum Gasteiger partial charge on any atom is 0.326 e. The van der Waals surface area contributed by atoms with Gasteiger partial charge in [0.05, 0.1) is 12.2 Å². The third-order valence-electron chi connectivity index (χ3n) is 6.80. The normalized spacial score (nSPS) is 17.3. The molecule has 1 aliphatic carbocycles. The Morgan fingerprint density at radius 1 is 1.03 bits per heavy atom. The van der Waals surface area contributed by atoms with Gasteiger partial charge in [-0.05, 0) is 50.2 Å². The van der Waals surface area contributed by atoms with E-state index in [9.17, 15) is 0 Å². The molecule has 3 aromatic rings. The predicted octanol–water partition coefficient (Wildman–Crippen LogP) is 4.42. The van der Waals surface area contributed by atoms with E-state index in [1.807, 2.05) is 49.4 Å². The summed E-state index contributed by atoms with van der Waals surface area (Å²) in [6.45, 7) is 6.04. The van der Waals surface area contributed by atoms with Crippen molar-refractivity contribution < 1.29 is 9.13 Å². The lowest BCUT2D eigenvalue weighted by Crippen LogP contribution is -2.44. The van der Waals surface area contributed by atoms with E-state index >= 15 is 4.39 Å². The Balaban J connectivity index is 1.29. The van der Waals surface area contributed by atoms with Crippen LogP contribution in [0.2, 0.25) is 0 Å². The number of hydrogen-bond donors (Lipinski definition) is 1. The fraction of sp³-hybridized carbons (Fsp3) is 0.286. The maximum atomic E-state index is 15.3. The first kappa shape index (κ1) is 23.3. The van der Waals surface area contributed by atoms with Crippen LogP contribution in [-0.2, 0) is 6.42 Å². The minimum atomic E-state index is -0.388. The predicted molar refractivity (Wildman–Crippen MR) is 144 cm³/mol. The summed E-state index contributed by atoms with van der Waals surface area (Å²) in [4.78, 5) is 22.7. The van der Waals surface area contributed by atoms with Crippen LogP contribution >= 0.6 is 0 Å². The van der Waals surface area contributed by atoms with Gasteiger partial charge in [0.25, 0.3) is 0 Å². The Morgan fingerprint density at radius 3 is 2.70 bits per heavy atom. The Bertz CT molecular complexity index is 1430. The van der Waals surface area contributed by atoms with Crippen LogP contribution in [0.1, 0.15) is 23.7 Å². The Morgan fingerprint density at radius 2 is 1.89 bits per heavy atom. The van der Waals surface area contributed by atoms with E-state index in [1.54, 1.807) is 12.3 Å². The third kappa shape index (κ3) is 4.95. The number of nitrogens with one attached hydrogen (secondary N) is 1. The zero-order chi connectivity index (χ0) is 25.4. The molecule has 3 aliphatic rings. The zero-order valence-corrected chi connectivity index (χ0v) is 20.9. The number of aromatic nitrogens is 3. The molecular formula is C28H28FN7O. The average Bonchev–Trinajstić information content (AvgIpc) is 3.53. The number of halogens is 1. The van der Waals surface area contributed by atoms with Crippen LogP contribution in [0.25, 0.3) is 11.6 Å². The van der Waals surface area contributed by atoms with Gasteiger partial charge in [-0.1, -0.05) is 23.8 Å². The fourth-order valence-corrected chi connectivity index (χ4v) is 4.76. The fourth-order valence-electron chi connectivity index (χ4n) is 4.76. The van der Waals surface area contributed by atoms with E-state index in [0.717, 1.165) is 60.8 Å². The number of benzene rings is 1. The van der Waals surface area contributed by atoms with E-state index < -0.39 is 0 Å². The number of pyridine rings is 1. The lowest BCUT2D eigenvalue weighted by molar-refractivity contribution is 0.311. The second kappa shape index (κ2) is 9.74. The second-order valence-electron chi connectivity index (χ2n) is 9.62. The smallest absolute Gasteiger partial charge is 0.326 e. The quantitative estimate of drug-likeness (QED) is 0.559. The summed E-state index contributed by atoms with van der Waals surface area (Å²) >= 11 is 0. The van der Waals surface area contributed by atoms with Crippen LogP contribution in [0, 0.1) is 5.82 Å². The molecule has 9 heteroatoms. The number of nitrogens with zero attached hydrogens (tertiary/aromatic N) is 6. The average molecular weight is 498 g/mol. The van der Waals surface area contributed by atoms with Crippen molar-refractivity contribution in [2.75, 3.05) is 50.0 Å². The lowest BCUT2D eigenvalue weighted by Gasteiger charge is -2.33.